The predicted molar refractivity (Wildman–Crippen MR) is 103 cm³/mol. The lowest BCUT2D eigenvalue weighted by Crippen LogP contribution is -2.20. The van der Waals surface area contributed by atoms with E-state index in [1.54, 1.807) is 36.4 Å². The lowest BCUT2D eigenvalue weighted by Gasteiger charge is -2.19. The van der Waals surface area contributed by atoms with Crippen molar-refractivity contribution in [3.8, 4) is 0 Å². The molecule has 0 aliphatic heterocycles. The number of carboxylic acid groups (broad SMARTS) is 1. The third kappa shape index (κ3) is 5.62. The monoisotopic (exact) mass is 376 g/mol. The molecule has 0 aliphatic carbocycles. The van der Waals surface area contributed by atoms with E-state index in [-0.39, 0.29) is 17.6 Å². The Morgan fingerprint density at radius 1 is 1.04 bits per heavy atom. The molecule has 0 unspecified atom stereocenters. The molecule has 5 heteroatoms. The highest BCUT2D eigenvalue weighted by atomic mass is 35.5. The molecule has 0 radical (unpaired) electrons. The first-order valence-corrected chi connectivity index (χ1v) is 9.21. The predicted octanol–water partition coefficient (Wildman–Crippen LogP) is 5.46. The van der Waals surface area contributed by atoms with Crippen LogP contribution in [-0.4, -0.2) is 22.1 Å². The molecule has 25 heavy (non-hydrogen) atoms. The van der Waals surface area contributed by atoms with Crippen molar-refractivity contribution in [3.63, 3.8) is 0 Å². The van der Waals surface area contributed by atoms with Gasteiger partial charge < -0.3 is 5.11 Å². The number of Topliss-reactive ketones (excluding diaryl/α,β-unsaturated/α-hetero) is 1. The number of halogens is 1. The molecule has 132 valence electrons. The maximum Gasteiger partial charge on any atom is 0.317 e. The van der Waals surface area contributed by atoms with Crippen LogP contribution in [-0.2, 0) is 10.2 Å². The van der Waals surface area contributed by atoms with Crippen molar-refractivity contribution >= 4 is 35.1 Å². The molecule has 3 nitrogen and oxygen atoms in total. The number of hydrogen-bond acceptors (Lipinski definition) is 3. The number of carboxylic acids is 1. The Hall–Kier alpha value is -1.78. The summed E-state index contributed by atoms with van der Waals surface area (Å²) in [7, 11) is 0. The zero-order valence-electron chi connectivity index (χ0n) is 14.5. The average Bonchev–Trinajstić information content (AvgIpc) is 2.55. The zero-order chi connectivity index (χ0) is 18.6. The van der Waals surface area contributed by atoms with Gasteiger partial charge >= 0.3 is 5.97 Å². The highest BCUT2D eigenvalue weighted by Crippen LogP contribution is 2.28. The standard InChI is InChI=1S/C20H21ClO3S/c1-20(2,3)14-6-4-13(5-7-14)17(22)12-18(19(23)24)25-16-10-8-15(21)9-11-16/h4-11,18H,12H2,1-3H3,(H,23,24)/t18-/m1/s1. The summed E-state index contributed by atoms with van der Waals surface area (Å²) in [4.78, 5) is 24.8. The van der Waals surface area contributed by atoms with Crippen LogP contribution in [0.5, 0.6) is 0 Å². The van der Waals surface area contributed by atoms with Gasteiger partial charge in [-0.25, -0.2) is 0 Å². The minimum Gasteiger partial charge on any atom is -0.480 e. The molecule has 0 bridgehead atoms. The van der Waals surface area contributed by atoms with Crippen LogP contribution in [0.15, 0.2) is 53.4 Å². The van der Waals surface area contributed by atoms with Gasteiger partial charge in [0.05, 0.1) is 0 Å². The maximum absolute atomic E-state index is 12.5. The molecule has 0 aromatic heterocycles. The van der Waals surface area contributed by atoms with Crippen LogP contribution < -0.4 is 0 Å². The number of thioether (sulfide) groups is 1. The second-order valence-electron chi connectivity index (χ2n) is 6.85. The molecule has 0 heterocycles. The number of rotatable bonds is 6. The third-order valence-electron chi connectivity index (χ3n) is 3.81. The molecule has 0 spiro atoms. The normalized spacial score (nSPS) is 12.6. The molecule has 2 rings (SSSR count). The van der Waals surface area contributed by atoms with Gasteiger partial charge in [-0.15, -0.1) is 11.8 Å². The molecule has 0 saturated carbocycles. The van der Waals surface area contributed by atoms with E-state index in [0.29, 0.717) is 10.6 Å². The van der Waals surface area contributed by atoms with Crippen LogP contribution in [0.2, 0.25) is 5.02 Å². The average molecular weight is 377 g/mol. The minimum absolute atomic E-state index is 0.00954. The van der Waals surface area contributed by atoms with Crippen molar-refractivity contribution in [2.24, 2.45) is 0 Å². The fourth-order valence-corrected chi connectivity index (χ4v) is 3.38. The first kappa shape index (κ1) is 19.5. The zero-order valence-corrected chi connectivity index (χ0v) is 16.0. The van der Waals surface area contributed by atoms with E-state index in [2.05, 4.69) is 20.8 Å². The summed E-state index contributed by atoms with van der Waals surface area (Å²) in [5.74, 6) is -1.17. The fourth-order valence-electron chi connectivity index (χ4n) is 2.30. The molecule has 0 fully saturated rings. The van der Waals surface area contributed by atoms with E-state index in [4.69, 9.17) is 11.6 Å². The van der Waals surface area contributed by atoms with Crippen LogP contribution in [0.25, 0.3) is 0 Å². The number of aliphatic carboxylic acids is 1. The summed E-state index contributed by atoms with van der Waals surface area (Å²) < 4.78 is 0. The largest absolute Gasteiger partial charge is 0.480 e. The Bertz CT molecular complexity index is 746. The van der Waals surface area contributed by atoms with E-state index >= 15 is 0 Å². The van der Waals surface area contributed by atoms with Crippen LogP contribution in [0.4, 0.5) is 0 Å². The molecule has 0 amide bonds. The van der Waals surface area contributed by atoms with Gasteiger partial charge in [-0.1, -0.05) is 56.6 Å². The van der Waals surface area contributed by atoms with Crippen molar-refractivity contribution in [1.29, 1.82) is 0 Å². The summed E-state index contributed by atoms with van der Waals surface area (Å²) in [5, 5.41) is 9.19. The SMILES string of the molecule is CC(C)(C)c1ccc(C(=O)C[C@@H](Sc2ccc(Cl)cc2)C(=O)O)cc1. The molecule has 1 N–H and O–H groups in total. The molecule has 1 atom stereocenters. The first-order chi connectivity index (χ1) is 11.7. The molecular weight excluding hydrogens is 356 g/mol. The topological polar surface area (TPSA) is 54.4 Å². The molecule has 2 aromatic rings. The van der Waals surface area contributed by atoms with Gasteiger partial charge in [0.15, 0.2) is 5.78 Å². The summed E-state index contributed by atoms with van der Waals surface area (Å²) in [6, 6.07) is 14.3. The lowest BCUT2D eigenvalue weighted by molar-refractivity contribution is -0.136. The van der Waals surface area contributed by atoms with Crippen molar-refractivity contribution in [2.75, 3.05) is 0 Å². The third-order valence-corrected chi connectivity index (χ3v) is 5.26. The Kier molecular flexibility index (Phi) is 6.31. The second-order valence-corrected chi connectivity index (χ2v) is 8.57. The van der Waals surface area contributed by atoms with Crippen molar-refractivity contribution in [2.45, 2.75) is 42.8 Å². The molecule has 0 saturated heterocycles. The van der Waals surface area contributed by atoms with Crippen molar-refractivity contribution in [1.82, 2.24) is 0 Å². The lowest BCUT2D eigenvalue weighted by atomic mass is 9.86. The maximum atomic E-state index is 12.5. The number of hydrogen-bond donors (Lipinski definition) is 1. The molecule has 2 aromatic carbocycles. The molecule has 0 aliphatic rings. The van der Waals surface area contributed by atoms with Gasteiger partial charge in [0.25, 0.3) is 0 Å². The summed E-state index contributed by atoms with van der Waals surface area (Å²) in [5.41, 5.74) is 1.68. The Balaban J connectivity index is 2.09. The van der Waals surface area contributed by atoms with Crippen molar-refractivity contribution in [3.05, 3.63) is 64.7 Å². The Morgan fingerprint density at radius 3 is 2.08 bits per heavy atom. The van der Waals surface area contributed by atoms with E-state index in [1.807, 2.05) is 12.1 Å². The highest BCUT2D eigenvalue weighted by Gasteiger charge is 2.23. The minimum atomic E-state index is -1.00. The van der Waals surface area contributed by atoms with Crippen LogP contribution in [0, 0.1) is 0 Å². The van der Waals surface area contributed by atoms with Gasteiger partial charge in [0, 0.05) is 21.9 Å². The number of carbonyl (C=O) groups is 2. The van der Waals surface area contributed by atoms with E-state index in [9.17, 15) is 14.7 Å². The molecular formula is C20H21ClO3S. The fraction of sp³-hybridized carbons (Fsp3) is 0.300. The van der Waals surface area contributed by atoms with Gasteiger partial charge in [0.2, 0.25) is 0 Å². The number of ketones is 1. The van der Waals surface area contributed by atoms with Gasteiger partial charge in [-0.05, 0) is 35.2 Å². The Labute approximate surface area is 157 Å². The van der Waals surface area contributed by atoms with E-state index in [0.717, 1.165) is 22.2 Å². The number of carbonyl (C=O) groups excluding carboxylic acids is 1. The van der Waals surface area contributed by atoms with Crippen LogP contribution in [0.3, 0.4) is 0 Å². The van der Waals surface area contributed by atoms with Crippen LogP contribution in [0.1, 0.15) is 43.1 Å². The van der Waals surface area contributed by atoms with Gasteiger partial charge in [-0.3, -0.25) is 9.59 Å². The van der Waals surface area contributed by atoms with Gasteiger partial charge in [0.1, 0.15) is 5.25 Å². The highest BCUT2D eigenvalue weighted by molar-refractivity contribution is 8.00. The summed E-state index contributed by atoms with van der Waals surface area (Å²) in [6.45, 7) is 6.31. The van der Waals surface area contributed by atoms with E-state index in [1.165, 1.54) is 0 Å². The van der Waals surface area contributed by atoms with Crippen molar-refractivity contribution < 1.29 is 14.7 Å². The first-order valence-electron chi connectivity index (χ1n) is 7.95. The number of benzene rings is 2. The van der Waals surface area contributed by atoms with Gasteiger partial charge in [-0.2, -0.15) is 0 Å². The summed E-state index contributed by atoms with van der Waals surface area (Å²) in [6.07, 6.45) is -0.0580. The summed E-state index contributed by atoms with van der Waals surface area (Å²) >= 11 is 7.00. The quantitative estimate of drug-likeness (QED) is 0.537. The van der Waals surface area contributed by atoms with E-state index < -0.39 is 11.2 Å². The smallest absolute Gasteiger partial charge is 0.317 e. The second kappa shape index (κ2) is 8.07. The van der Waals surface area contributed by atoms with Crippen LogP contribution >= 0.6 is 23.4 Å². The Morgan fingerprint density at radius 2 is 1.60 bits per heavy atom.